The lowest BCUT2D eigenvalue weighted by atomic mass is 10.2. The van der Waals surface area contributed by atoms with Gasteiger partial charge in [-0.1, -0.05) is 17.0 Å². The molecule has 6 nitrogen and oxygen atoms in total. The molecule has 6 heteroatoms. The van der Waals surface area contributed by atoms with E-state index in [-0.39, 0.29) is 12.2 Å². The van der Waals surface area contributed by atoms with E-state index in [1.807, 2.05) is 0 Å². The van der Waals surface area contributed by atoms with Gasteiger partial charge >= 0.3 is 5.97 Å². The number of aromatic carboxylic acids is 1. The topological polar surface area (TPSA) is 99.0 Å². The second kappa shape index (κ2) is 5.27. The van der Waals surface area contributed by atoms with Gasteiger partial charge in [0.2, 0.25) is 0 Å². The molecule has 0 aliphatic heterocycles. The fraction of sp³-hybridized carbons (Fsp3) is 0.111. The molecule has 0 unspecified atom stereocenters. The summed E-state index contributed by atoms with van der Waals surface area (Å²) < 4.78 is 0. The number of azide groups is 1. The highest BCUT2D eigenvalue weighted by molar-refractivity contribution is 5.85. The third kappa shape index (κ3) is 3.38. The fourth-order valence-electron chi connectivity index (χ4n) is 0.803. The maximum atomic E-state index is 10.5. The van der Waals surface area contributed by atoms with E-state index in [0.29, 0.717) is 5.56 Å². The molecule has 0 fully saturated rings. The zero-order valence-electron chi connectivity index (χ0n) is 7.58. The van der Waals surface area contributed by atoms with E-state index in [2.05, 4.69) is 26.9 Å². The highest BCUT2D eigenvalue weighted by atomic mass is 16.4. The zero-order valence-corrected chi connectivity index (χ0v) is 7.58. The summed E-state index contributed by atoms with van der Waals surface area (Å²) in [4.78, 5) is 16.7. The summed E-state index contributed by atoms with van der Waals surface area (Å²) in [5.41, 5.74) is 8.52. The molecular formula is C9H6N4O2. The van der Waals surface area contributed by atoms with Crippen molar-refractivity contribution in [2.45, 2.75) is 0 Å². The van der Waals surface area contributed by atoms with Crippen LogP contribution in [0.5, 0.6) is 0 Å². The molecular weight excluding hydrogens is 196 g/mol. The van der Waals surface area contributed by atoms with Crippen molar-refractivity contribution in [3.8, 4) is 11.8 Å². The van der Waals surface area contributed by atoms with Crippen LogP contribution in [-0.4, -0.2) is 22.6 Å². The SMILES string of the molecule is [N-]=[N+]=NCC#Cc1ccc(C(=O)O)nc1. The Morgan fingerprint density at radius 1 is 1.67 bits per heavy atom. The predicted molar refractivity (Wildman–Crippen MR) is 52.1 cm³/mol. The third-order valence-corrected chi connectivity index (χ3v) is 1.43. The van der Waals surface area contributed by atoms with Gasteiger partial charge in [0, 0.05) is 16.7 Å². The maximum absolute atomic E-state index is 10.5. The Balaban J connectivity index is 2.75. The molecule has 1 aromatic heterocycles. The maximum Gasteiger partial charge on any atom is 0.354 e. The van der Waals surface area contributed by atoms with Gasteiger partial charge in [0.1, 0.15) is 5.69 Å². The lowest BCUT2D eigenvalue weighted by molar-refractivity contribution is 0.0690. The molecule has 74 valence electrons. The lowest BCUT2D eigenvalue weighted by Crippen LogP contribution is -1.99. The molecule has 0 amide bonds. The molecule has 0 spiro atoms. The quantitative estimate of drug-likeness (QED) is 0.340. The van der Waals surface area contributed by atoms with Gasteiger partial charge in [0.15, 0.2) is 0 Å². The molecule has 0 bridgehead atoms. The highest BCUT2D eigenvalue weighted by Gasteiger charge is 2.01. The van der Waals surface area contributed by atoms with Crippen LogP contribution in [0.25, 0.3) is 10.4 Å². The van der Waals surface area contributed by atoms with Gasteiger partial charge in [0.25, 0.3) is 0 Å². The summed E-state index contributed by atoms with van der Waals surface area (Å²) in [6.45, 7) is 0.0805. The van der Waals surface area contributed by atoms with Gasteiger partial charge in [-0.05, 0) is 17.7 Å². The normalized spacial score (nSPS) is 8.27. The van der Waals surface area contributed by atoms with Gasteiger partial charge in [-0.3, -0.25) is 0 Å². The first-order chi connectivity index (χ1) is 7.24. The minimum absolute atomic E-state index is 0.0319. The molecule has 0 aromatic carbocycles. The van der Waals surface area contributed by atoms with Crippen molar-refractivity contribution in [3.05, 3.63) is 40.0 Å². The van der Waals surface area contributed by atoms with Gasteiger partial charge in [0.05, 0.1) is 6.54 Å². The van der Waals surface area contributed by atoms with E-state index >= 15 is 0 Å². The van der Waals surface area contributed by atoms with E-state index in [1.54, 1.807) is 6.07 Å². The monoisotopic (exact) mass is 202 g/mol. The number of rotatable bonds is 2. The van der Waals surface area contributed by atoms with Crippen molar-refractivity contribution in [1.29, 1.82) is 0 Å². The van der Waals surface area contributed by atoms with Crippen LogP contribution >= 0.6 is 0 Å². The van der Waals surface area contributed by atoms with E-state index < -0.39 is 5.97 Å². The summed E-state index contributed by atoms with van der Waals surface area (Å²) in [6, 6.07) is 2.90. The summed E-state index contributed by atoms with van der Waals surface area (Å²) >= 11 is 0. The number of carboxylic acids is 1. The zero-order chi connectivity index (χ0) is 11.1. The summed E-state index contributed by atoms with van der Waals surface area (Å²) in [5, 5.41) is 11.8. The summed E-state index contributed by atoms with van der Waals surface area (Å²) in [7, 11) is 0. The summed E-state index contributed by atoms with van der Waals surface area (Å²) in [6.07, 6.45) is 1.35. The predicted octanol–water partition coefficient (Wildman–Crippen LogP) is 1.44. The van der Waals surface area contributed by atoms with Gasteiger partial charge in [-0.15, -0.1) is 0 Å². The molecule has 0 radical (unpaired) electrons. The Morgan fingerprint density at radius 3 is 3.00 bits per heavy atom. The van der Waals surface area contributed by atoms with Crippen molar-refractivity contribution in [1.82, 2.24) is 4.98 Å². The largest absolute Gasteiger partial charge is 0.477 e. The standard InChI is InChI=1S/C9H6N4O2/c10-13-12-5-1-2-7-3-4-8(9(14)15)11-6-7/h3-4,6H,5H2,(H,14,15). The van der Waals surface area contributed by atoms with Crippen molar-refractivity contribution >= 4 is 5.97 Å². The average molecular weight is 202 g/mol. The van der Waals surface area contributed by atoms with Crippen molar-refractivity contribution < 1.29 is 9.90 Å². The van der Waals surface area contributed by atoms with Crippen molar-refractivity contribution in [2.75, 3.05) is 6.54 Å². The second-order valence-electron chi connectivity index (χ2n) is 2.43. The molecule has 0 aliphatic carbocycles. The van der Waals surface area contributed by atoms with E-state index in [1.165, 1.54) is 12.3 Å². The number of pyridine rings is 1. The van der Waals surface area contributed by atoms with E-state index in [9.17, 15) is 4.79 Å². The lowest BCUT2D eigenvalue weighted by Gasteiger charge is -1.92. The Morgan fingerprint density at radius 2 is 2.47 bits per heavy atom. The number of nitrogens with zero attached hydrogens (tertiary/aromatic N) is 4. The van der Waals surface area contributed by atoms with Crippen LogP contribution in [0, 0.1) is 11.8 Å². The van der Waals surface area contributed by atoms with Crippen LogP contribution in [-0.2, 0) is 0 Å². The van der Waals surface area contributed by atoms with Gasteiger partial charge < -0.3 is 5.11 Å². The van der Waals surface area contributed by atoms with Crippen LogP contribution in [0.3, 0.4) is 0 Å². The molecule has 0 atom stereocenters. The fourth-order valence-corrected chi connectivity index (χ4v) is 0.803. The molecule has 0 saturated heterocycles. The second-order valence-corrected chi connectivity index (χ2v) is 2.43. The minimum Gasteiger partial charge on any atom is -0.477 e. The van der Waals surface area contributed by atoms with Gasteiger partial charge in [-0.25, -0.2) is 9.78 Å². The van der Waals surface area contributed by atoms with Crippen molar-refractivity contribution in [2.24, 2.45) is 5.11 Å². The minimum atomic E-state index is -1.08. The molecule has 0 saturated carbocycles. The van der Waals surface area contributed by atoms with E-state index in [4.69, 9.17) is 10.6 Å². The van der Waals surface area contributed by atoms with Crippen LogP contribution in [0.1, 0.15) is 16.1 Å². The van der Waals surface area contributed by atoms with Crippen LogP contribution in [0.15, 0.2) is 23.4 Å². The molecule has 15 heavy (non-hydrogen) atoms. The third-order valence-electron chi connectivity index (χ3n) is 1.43. The highest BCUT2D eigenvalue weighted by Crippen LogP contribution is 1.98. The summed E-state index contributed by atoms with van der Waals surface area (Å²) in [5.74, 6) is 4.19. The van der Waals surface area contributed by atoms with Gasteiger partial charge in [-0.2, -0.15) is 0 Å². The Kier molecular flexibility index (Phi) is 3.71. The van der Waals surface area contributed by atoms with Crippen LogP contribution < -0.4 is 0 Å². The molecule has 1 heterocycles. The molecule has 0 aliphatic rings. The molecule has 1 N–H and O–H groups in total. The van der Waals surface area contributed by atoms with E-state index in [0.717, 1.165) is 0 Å². The number of carbonyl (C=O) groups is 1. The number of hydrogen-bond donors (Lipinski definition) is 1. The number of hydrogen-bond acceptors (Lipinski definition) is 3. The average Bonchev–Trinajstić information content (AvgIpc) is 2.25. The first kappa shape index (κ1) is 10.6. The van der Waals surface area contributed by atoms with Crippen molar-refractivity contribution in [3.63, 3.8) is 0 Å². The molecule has 1 aromatic rings. The van der Waals surface area contributed by atoms with Crippen LogP contribution in [0.2, 0.25) is 0 Å². The number of aromatic nitrogens is 1. The van der Waals surface area contributed by atoms with Crippen LogP contribution in [0.4, 0.5) is 0 Å². The smallest absolute Gasteiger partial charge is 0.354 e. The number of carboxylic acid groups (broad SMARTS) is 1. The Bertz CT molecular complexity index is 463. The first-order valence-electron chi connectivity index (χ1n) is 3.93. The Hall–Kier alpha value is -2.51. The Labute approximate surface area is 85.2 Å². The first-order valence-corrected chi connectivity index (χ1v) is 3.93. The molecule has 1 rings (SSSR count).